The highest BCUT2D eigenvalue weighted by molar-refractivity contribution is 6.39. The molecule has 22 heavy (non-hydrogen) atoms. The van der Waals surface area contributed by atoms with Crippen LogP contribution in [0.5, 0.6) is 0 Å². The Hall–Kier alpha value is -2.62. The Kier molecular flexibility index (Phi) is 5.31. The van der Waals surface area contributed by atoms with E-state index in [1.165, 1.54) is 5.56 Å². The van der Waals surface area contributed by atoms with Crippen molar-refractivity contribution in [1.82, 2.24) is 5.32 Å². The van der Waals surface area contributed by atoms with Gasteiger partial charge in [-0.25, -0.2) is 0 Å². The van der Waals surface area contributed by atoms with E-state index in [2.05, 4.69) is 24.5 Å². The number of benzene rings is 2. The molecule has 0 bridgehead atoms. The van der Waals surface area contributed by atoms with E-state index in [1.807, 2.05) is 42.5 Å². The van der Waals surface area contributed by atoms with Crippen LogP contribution in [-0.4, -0.2) is 11.8 Å². The molecule has 0 aliphatic heterocycles. The Bertz CT molecular complexity index is 634. The molecule has 4 heteroatoms. The van der Waals surface area contributed by atoms with Crippen LogP contribution in [0.25, 0.3) is 0 Å². The minimum absolute atomic E-state index is 0.333. The third-order valence-electron chi connectivity index (χ3n) is 3.34. The maximum atomic E-state index is 11.8. The standard InChI is InChI=1S/C18H20N2O2/c1-13(2)15-8-10-16(11-9-15)20-18(22)17(21)19-12-14-6-4-3-5-7-14/h3-11,13H,12H2,1-2H3,(H,19,21)(H,20,22). The van der Waals surface area contributed by atoms with Gasteiger partial charge in [-0.1, -0.05) is 56.3 Å². The highest BCUT2D eigenvalue weighted by Crippen LogP contribution is 2.16. The van der Waals surface area contributed by atoms with Crippen molar-refractivity contribution in [3.63, 3.8) is 0 Å². The predicted molar refractivity (Wildman–Crippen MR) is 87.4 cm³/mol. The summed E-state index contributed by atoms with van der Waals surface area (Å²) in [5, 5.41) is 5.19. The Morgan fingerprint density at radius 1 is 0.909 bits per heavy atom. The fourth-order valence-electron chi connectivity index (χ4n) is 2.00. The van der Waals surface area contributed by atoms with Gasteiger partial charge in [0.15, 0.2) is 0 Å². The van der Waals surface area contributed by atoms with Gasteiger partial charge in [0.25, 0.3) is 0 Å². The van der Waals surface area contributed by atoms with E-state index in [-0.39, 0.29) is 0 Å². The van der Waals surface area contributed by atoms with Gasteiger partial charge < -0.3 is 10.6 Å². The van der Waals surface area contributed by atoms with Gasteiger partial charge in [-0.05, 0) is 29.2 Å². The fraction of sp³-hybridized carbons (Fsp3) is 0.222. The van der Waals surface area contributed by atoms with Crippen LogP contribution in [0.4, 0.5) is 5.69 Å². The van der Waals surface area contributed by atoms with Gasteiger partial charge in [0, 0.05) is 12.2 Å². The molecule has 0 heterocycles. The number of rotatable bonds is 4. The lowest BCUT2D eigenvalue weighted by molar-refractivity contribution is -0.136. The molecule has 114 valence electrons. The largest absolute Gasteiger partial charge is 0.344 e. The van der Waals surface area contributed by atoms with Gasteiger partial charge in [-0.3, -0.25) is 9.59 Å². The van der Waals surface area contributed by atoms with Crippen LogP contribution >= 0.6 is 0 Å². The monoisotopic (exact) mass is 296 g/mol. The van der Waals surface area contributed by atoms with Crippen molar-refractivity contribution in [2.24, 2.45) is 0 Å². The quantitative estimate of drug-likeness (QED) is 0.852. The fourth-order valence-corrected chi connectivity index (χ4v) is 2.00. The van der Waals surface area contributed by atoms with E-state index in [0.29, 0.717) is 18.2 Å². The Morgan fingerprint density at radius 3 is 2.14 bits per heavy atom. The van der Waals surface area contributed by atoms with Gasteiger partial charge in [0.05, 0.1) is 0 Å². The third kappa shape index (κ3) is 4.45. The van der Waals surface area contributed by atoms with Crippen LogP contribution in [0.3, 0.4) is 0 Å². The summed E-state index contributed by atoms with van der Waals surface area (Å²) in [5.41, 5.74) is 2.75. The van der Waals surface area contributed by atoms with E-state index >= 15 is 0 Å². The molecule has 4 nitrogen and oxygen atoms in total. The summed E-state index contributed by atoms with van der Waals surface area (Å²) in [6, 6.07) is 17.0. The summed E-state index contributed by atoms with van der Waals surface area (Å²) >= 11 is 0. The van der Waals surface area contributed by atoms with Crippen LogP contribution in [0, 0.1) is 0 Å². The van der Waals surface area contributed by atoms with E-state index in [1.54, 1.807) is 12.1 Å². The average Bonchev–Trinajstić information content (AvgIpc) is 2.54. The first-order valence-corrected chi connectivity index (χ1v) is 7.29. The summed E-state index contributed by atoms with van der Waals surface area (Å²) in [5.74, 6) is -0.871. The van der Waals surface area contributed by atoms with Crippen molar-refractivity contribution >= 4 is 17.5 Å². The number of hydrogen-bond donors (Lipinski definition) is 2. The maximum absolute atomic E-state index is 11.8. The average molecular weight is 296 g/mol. The molecule has 0 aliphatic carbocycles. The lowest BCUT2D eigenvalue weighted by atomic mass is 10.0. The molecule has 2 aromatic rings. The molecule has 0 radical (unpaired) electrons. The SMILES string of the molecule is CC(C)c1ccc(NC(=O)C(=O)NCc2ccccc2)cc1. The lowest BCUT2D eigenvalue weighted by Crippen LogP contribution is -2.34. The summed E-state index contributed by atoms with van der Waals surface area (Å²) in [6.07, 6.45) is 0. The molecule has 2 amide bonds. The number of amides is 2. The highest BCUT2D eigenvalue weighted by atomic mass is 16.2. The molecule has 0 saturated heterocycles. The first-order chi connectivity index (χ1) is 10.6. The third-order valence-corrected chi connectivity index (χ3v) is 3.34. The Morgan fingerprint density at radius 2 is 1.55 bits per heavy atom. The summed E-state index contributed by atoms with van der Waals surface area (Å²) in [6.45, 7) is 4.54. The molecule has 2 aromatic carbocycles. The molecular formula is C18H20N2O2. The lowest BCUT2D eigenvalue weighted by Gasteiger charge is -2.09. The topological polar surface area (TPSA) is 58.2 Å². The normalized spacial score (nSPS) is 10.3. The number of carbonyl (C=O) groups is 2. The molecule has 2 rings (SSSR count). The zero-order chi connectivity index (χ0) is 15.9. The molecule has 0 saturated carbocycles. The zero-order valence-corrected chi connectivity index (χ0v) is 12.8. The summed E-state index contributed by atoms with van der Waals surface area (Å²) in [4.78, 5) is 23.6. The second-order valence-corrected chi connectivity index (χ2v) is 5.40. The number of hydrogen-bond acceptors (Lipinski definition) is 2. The van der Waals surface area contributed by atoms with Gasteiger partial charge in [0.1, 0.15) is 0 Å². The van der Waals surface area contributed by atoms with E-state index in [0.717, 1.165) is 5.56 Å². The maximum Gasteiger partial charge on any atom is 0.313 e. The summed E-state index contributed by atoms with van der Waals surface area (Å²) < 4.78 is 0. The van der Waals surface area contributed by atoms with Crippen LogP contribution in [-0.2, 0) is 16.1 Å². The van der Waals surface area contributed by atoms with Crippen molar-refractivity contribution in [2.45, 2.75) is 26.3 Å². The molecule has 2 N–H and O–H groups in total. The first kappa shape index (κ1) is 15.8. The molecule has 0 unspecified atom stereocenters. The van der Waals surface area contributed by atoms with Crippen LogP contribution in [0.15, 0.2) is 54.6 Å². The second kappa shape index (κ2) is 7.41. The number of carbonyl (C=O) groups excluding carboxylic acids is 2. The van der Waals surface area contributed by atoms with Gasteiger partial charge in [-0.15, -0.1) is 0 Å². The minimum Gasteiger partial charge on any atom is -0.344 e. The molecule has 0 spiro atoms. The number of anilines is 1. The molecule has 0 aliphatic rings. The van der Waals surface area contributed by atoms with E-state index in [4.69, 9.17) is 0 Å². The summed E-state index contributed by atoms with van der Waals surface area (Å²) in [7, 11) is 0. The Balaban J connectivity index is 1.87. The predicted octanol–water partition coefficient (Wildman–Crippen LogP) is 3.06. The van der Waals surface area contributed by atoms with Crippen LogP contribution < -0.4 is 10.6 Å². The van der Waals surface area contributed by atoms with Crippen molar-refractivity contribution < 1.29 is 9.59 Å². The van der Waals surface area contributed by atoms with Crippen molar-refractivity contribution in [3.8, 4) is 0 Å². The highest BCUT2D eigenvalue weighted by Gasteiger charge is 2.13. The van der Waals surface area contributed by atoms with Gasteiger partial charge in [0.2, 0.25) is 0 Å². The minimum atomic E-state index is -0.659. The molecule has 0 fully saturated rings. The van der Waals surface area contributed by atoms with Crippen LogP contribution in [0.1, 0.15) is 30.9 Å². The first-order valence-electron chi connectivity index (χ1n) is 7.29. The zero-order valence-electron chi connectivity index (χ0n) is 12.8. The smallest absolute Gasteiger partial charge is 0.313 e. The second-order valence-electron chi connectivity index (χ2n) is 5.40. The van der Waals surface area contributed by atoms with Gasteiger partial charge in [-0.2, -0.15) is 0 Å². The number of nitrogens with one attached hydrogen (secondary N) is 2. The Labute approximate surface area is 130 Å². The van der Waals surface area contributed by atoms with Crippen LogP contribution in [0.2, 0.25) is 0 Å². The van der Waals surface area contributed by atoms with Crippen molar-refractivity contribution in [2.75, 3.05) is 5.32 Å². The van der Waals surface area contributed by atoms with Crippen molar-refractivity contribution in [1.29, 1.82) is 0 Å². The van der Waals surface area contributed by atoms with Gasteiger partial charge >= 0.3 is 11.8 Å². The molecular weight excluding hydrogens is 276 g/mol. The van der Waals surface area contributed by atoms with E-state index < -0.39 is 11.8 Å². The van der Waals surface area contributed by atoms with Crippen molar-refractivity contribution in [3.05, 3.63) is 65.7 Å². The molecule has 0 atom stereocenters. The van der Waals surface area contributed by atoms with E-state index in [9.17, 15) is 9.59 Å². The molecule has 0 aromatic heterocycles.